The zero-order valence-corrected chi connectivity index (χ0v) is 14.8. The highest BCUT2D eigenvalue weighted by molar-refractivity contribution is 5.94. The Kier molecular flexibility index (Phi) is 4.73. The first-order valence-electron chi connectivity index (χ1n) is 8.55. The van der Waals surface area contributed by atoms with Crippen LogP contribution in [-0.2, 0) is 4.74 Å². The van der Waals surface area contributed by atoms with Crippen molar-refractivity contribution >= 4 is 23.4 Å². The average Bonchev–Trinajstić information content (AvgIpc) is 3.21. The molecule has 2 aliphatic rings. The van der Waals surface area contributed by atoms with Crippen molar-refractivity contribution in [1.82, 2.24) is 9.97 Å². The Bertz CT molecular complexity index is 695. The third-order valence-corrected chi connectivity index (χ3v) is 4.85. The van der Waals surface area contributed by atoms with E-state index in [2.05, 4.69) is 23.8 Å². The molecule has 2 unspecified atom stereocenters. The van der Waals surface area contributed by atoms with Gasteiger partial charge < -0.3 is 14.5 Å². The first-order chi connectivity index (χ1) is 11.9. The van der Waals surface area contributed by atoms with Crippen LogP contribution in [0.2, 0.25) is 0 Å². The summed E-state index contributed by atoms with van der Waals surface area (Å²) >= 11 is 0. The number of aromatic nitrogens is 2. The maximum absolute atomic E-state index is 12.1. The first kappa shape index (κ1) is 17.4. The standard InChI is InChI=1S/C16H23N5O4/c1-10-4-6-19(8-10)14-13(21(23)24)12(15(22)25-3)17-16(18-14)20-7-5-11(2)9-20/h10-11H,4-9H2,1-3H3. The molecule has 0 saturated carbocycles. The molecule has 0 N–H and O–H groups in total. The molecule has 9 heteroatoms. The van der Waals surface area contributed by atoms with Gasteiger partial charge in [-0.2, -0.15) is 9.97 Å². The van der Waals surface area contributed by atoms with Crippen LogP contribution in [0.4, 0.5) is 17.5 Å². The molecule has 0 spiro atoms. The van der Waals surface area contributed by atoms with Crippen LogP contribution in [0.5, 0.6) is 0 Å². The van der Waals surface area contributed by atoms with Gasteiger partial charge in [-0.3, -0.25) is 10.1 Å². The van der Waals surface area contributed by atoms with E-state index in [1.807, 2.05) is 9.80 Å². The van der Waals surface area contributed by atoms with E-state index < -0.39 is 10.9 Å². The average molecular weight is 349 g/mol. The SMILES string of the molecule is COC(=O)c1nc(N2CCC(C)C2)nc(N2CCC(C)C2)c1[N+](=O)[O-]. The fourth-order valence-electron chi connectivity index (χ4n) is 3.44. The second kappa shape index (κ2) is 6.81. The Balaban J connectivity index is 2.12. The molecule has 0 bridgehead atoms. The molecule has 2 aliphatic heterocycles. The van der Waals surface area contributed by atoms with Crippen molar-refractivity contribution < 1.29 is 14.5 Å². The summed E-state index contributed by atoms with van der Waals surface area (Å²) in [6, 6.07) is 0. The molecule has 3 heterocycles. The van der Waals surface area contributed by atoms with Gasteiger partial charge in [-0.15, -0.1) is 0 Å². The number of carbonyl (C=O) groups is 1. The van der Waals surface area contributed by atoms with Gasteiger partial charge in [-0.1, -0.05) is 13.8 Å². The fraction of sp³-hybridized carbons (Fsp3) is 0.688. The number of carbonyl (C=O) groups excluding carboxylic acids is 1. The topological polar surface area (TPSA) is 102 Å². The van der Waals surface area contributed by atoms with E-state index in [4.69, 9.17) is 4.74 Å². The van der Waals surface area contributed by atoms with Crippen LogP contribution in [0, 0.1) is 22.0 Å². The molecule has 1 aromatic rings. The fourth-order valence-corrected chi connectivity index (χ4v) is 3.44. The first-order valence-corrected chi connectivity index (χ1v) is 8.55. The summed E-state index contributed by atoms with van der Waals surface area (Å²) in [5.74, 6) is 0.697. The van der Waals surface area contributed by atoms with E-state index in [-0.39, 0.29) is 17.2 Å². The van der Waals surface area contributed by atoms with Gasteiger partial charge in [-0.05, 0) is 24.7 Å². The van der Waals surface area contributed by atoms with Crippen molar-refractivity contribution in [3.05, 3.63) is 15.8 Å². The summed E-state index contributed by atoms with van der Waals surface area (Å²) in [4.78, 5) is 35.8. The molecular weight excluding hydrogens is 326 g/mol. The zero-order chi connectivity index (χ0) is 18.1. The van der Waals surface area contributed by atoms with Crippen molar-refractivity contribution in [2.24, 2.45) is 11.8 Å². The molecule has 0 amide bonds. The molecule has 25 heavy (non-hydrogen) atoms. The molecular formula is C16H23N5O4. The van der Waals surface area contributed by atoms with Gasteiger partial charge in [0.2, 0.25) is 17.5 Å². The minimum atomic E-state index is -0.809. The monoisotopic (exact) mass is 349 g/mol. The highest BCUT2D eigenvalue weighted by atomic mass is 16.6. The van der Waals surface area contributed by atoms with Crippen LogP contribution in [0.15, 0.2) is 0 Å². The highest BCUT2D eigenvalue weighted by Gasteiger charge is 2.36. The van der Waals surface area contributed by atoms with Crippen LogP contribution in [0.1, 0.15) is 37.2 Å². The number of nitro groups is 1. The number of methoxy groups -OCH3 is 1. The zero-order valence-electron chi connectivity index (χ0n) is 14.8. The third-order valence-electron chi connectivity index (χ3n) is 4.85. The molecule has 2 atom stereocenters. The molecule has 1 aromatic heterocycles. The number of hydrogen-bond donors (Lipinski definition) is 0. The number of esters is 1. The molecule has 9 nitrogen and oxygen atoms in total. The summed E-state index contributed by atoms with van der Waals surface area (Å²) in [5, 5.41) is 11.7. The molecule has 136 valence electrons. The number of rotatable bonds is 4. The summed E-state index contributed by atoms with van der Waals surface area (Å²) in [6.45, 7) is 7.13. The van der Waals surface area contributed by atoms with Crippen molar-refractivity contribution in [3.63, 3.8) is 0 Å². The molecule has 0 aromatic carbocycles. The number of nitrogens with zero attached hydrogens (tertiary/aromatic N) is 5. The second-order valence-electron chi connectivity index (χ2n) is 6.97. The summed E-state index contributed by atoms with van der Waals surface area (Å²) in [6.07, 6.45) is 1.94. The van der Waals surface area contributed by atoms with Gasteiger partial charge >= 0.3 is 11.7 Å². The lowest BCUT2D eigenvalue weighted by Gasteiger charge is -2.21. The van der Waals surface area contributed by atoms with Gasteiger partial charge in [0.1, 0.15) is 0 Å². The van der Waals surface area contributed by atoms with Crippen molar-refractivity contribution in [2.45, 2.75) is 26.7 Å². The van der Waals surface area contributed by atoms with Crippen molar-refractivity contribution in [3.8, 4) is 0 Å². The predicted molar refractivity (Wildman–Crippen MR) is 92.0 cm³/mol. The van der Waals surface area contributed by atoms with E-state index in [0.717, 1.165) is 25.9 Å². The van der Waals surface area contributed by atoms with Crippen LogP contribution in [-0.4, -0.2) is 54.1 Å². The van der Waals surface area contributed by atoms with E-state index in [1.165, 1.54) is 7.11 Å². The number of anilines is 2. The summed E-state index contributed by atoms with van der Waals surface area (Å²) in [7, 11) is 1.20. The molecule has 0 aliphatic carbocycles. The Morgan fingerprint density at radius 2 is 1.76 bits per heavy atom. The maximum Gasteiger partial charge on any atom is 0.364 e. The molecule has 2 saturated heterocycles. The van der Waals surface area contributed by atoms with Crippen LogP contribution >= 0.6 is 0 Å². The van der Waals surface area contributed by atoms with Crippen molar-refractivity contribution in [1.29, 1.82) is 0 Å². The minimum Gasteiger partial charge on any atom is -0.464 e. The number of ether oxygens (including phenoxy) is 1. The summed E-state index contributed by atoms with van der Waals surface area (Å²) < 4.78 is 4.73. The number of hydrogen-bond acceptors (Lipinski definition) is 8. The smallest absolute Gasteiger partial charge is 0.364 e. The minimum absolute atomic E-state index is 0.222. The van der Waals surface area contributed by atoms with Crippen LogP contribution < -0.4 is 9.80 Å². The third kappa shape index (κ3) is 3.35. The van der Waals surface area contributed by atoms with E-state index in [1.54, 1.807) is 0 Å². The van der Waals surface area contributed by atoms with Crippen LogP contribution in [0.25, 0.3) is 0 Å². The largest absolute Gasteiger partial charge is 0.464 e. The Morgan fingerprint density at radius 3 is 2.24 bits per heavy atom. The lowest BCUT2D eigenvalue weighted by Crippen LogP contribution is -2.28. The Morgan fingerprint density at radius 1 is 1.16 bits per heavy atom. The Hall–Kier alpha value is -2.45. The lowest BCUT2D eigenvalue weighted by molar-refractivity contribution is -0.384. The molecule has 2 fully saturated rings. The quantitative estimate of drug-likeness (QED) is 0.461. The molecule has 0 radical (unpaired) electrons. The maximum atomic E-state index is 12.1. The lowest BCUT2D eigenvalue weighted by atomic mass is 10.2. The molecule has 3 rings (SSSR count). The van der Waals surface area contributed by atoms with Crippen molar-refractivity contribution in [2.75, 3.05) is 43.1 Å². The van der Waals surface area contributed by atoms with Gasteiger partial charge in [0, 0.05) is 26.2 Å². The van der Waals surface area contributed by atoms with Crippen LogP contribution in [0.3, 0.4) is 0 Å². The van der Waals surface area contributed by atoms with Gasteiger partial charge in [0.25, 0.3) is 0 Å². The second-order valence-corrected chi connectivity index (χ2v) is 6.97. The highest BCUT2D eigenvalue weighted by Crippen LogP contribution is 2.35. The van der Waals surface area contributed by atoms with Gasteiger partial charge in [0.05, 0.1) is 12.0 Å². The summed E-state index contributed by atoms with van der Waals surface area (Å²) in [5.41, 5.74) is -0.636. The normalized spacial score (nSPS) is 23.2. The predicted octanol–water partition coefficient (Wildman–Crippen LogP) is 1.86. The van der Waals surface area contributed by atoms with E-state index in [0.29, 0.717) is 30.9 Å². The van der Waals surface area contributed by atoms with E-state index >= 15 is 0 Å². The van der Waals surface area contributed by atoms with E-state index in [9.17, 15) is 14.9 Å². The van der Waals surface area contributed by atoms with Gasteiger partial charge in [0.15, 0.2) is 0 Å². The Labute approximate surface area is 146 Å². The van der Waals surface area contributed by atoms with Gasteiger partial charge in [-0.25, -0.2) is 4.79 Å².